The average molecular weight is 356 g/mol. The standard InChI is InChI=1S/C19H20N2O3S/c1-25(23,24)15-18-11-9-17(10-12-18)14-21-19(22)20-13-5-8-16-6-3-2-4-7-16/h2-4,6-7,9-12H,13-15H2,1H3,(H2,20,21,22). The highest BCUT2D eigenvalue weighted by atomic mass is 32.2. The van der Waals surface area contributed by atoms with Gasteiger partial charge in [-0.15, -0.1) is 0 Å². The van der Waals surface area contributed by atoms with Crippen molar-refractivity contribution in [2.75, 3.05) is 12.8 Å². The van der Waals surface area contributed by atoms with Crippen molar-refractivity contribution in [3.8, 4) is 11.8 Å². The second-order valence-corrected chi connectivity index (χ2v) is 7.73. The third-order valence-corrected chi connectivity index (χ3v) is 4.11. The maximum atomic E-state index is 11.7. The van der Waals surface area contributed by atoms with Gasteiger partial charge < -0.3 is 10.6 Å². The highest BCUT2D eigenvalue weighted by Crippen LogP contribution is 2.07. The lowest BCUT2D eigenvalue weighted by atomic mass is 10.1. The van der Waals surface area contributed by atoms with Crippen LogP contribution in [-0.2, 0) is 22.1 Å². The van der Waals surface area contributed by atoms with E-state index in [1.807, 2.05) is 30.3 Å². The summed E-state index contributed by atoms with van der Waals surface area (Å²) in [5, 5.41) is 5.39. The Labute approximate surface area is 148 Å². The van der Waals surface area contributed by atoms with E-state index in [9.17, 15) is 13.2 Å². The molecule has 2 N–H and O–H groups in total. The molecule has 130 valence electrons. The molecule has 0 aliphatic carbocycles. The second kappa shape index (κ2) is 8.90. The molecule has 0 aromatic heterocycles. The number of hydrogen-bond donors (Lipinski definition) is 2. The molecule has 0 aliphatic heterocycles. The number of hydrogen-bond acceptors (Lipinski definition) is 3. The number of nitrogens with one attached hydrogen (secondary N) is 2. The van der Waals surface area contributed by atoms with Gasteiger partial charge in [-0.1, -0.05) is 54.3 Å². The lowest BCUT2D eigenvalue weighted by Crippen LogP contribution is -2.35. The predicted octanol–water partition coefficient (Wildman–Crippen LogP) is 2.08. The summed E-state index contributed by atoms with van der Waals surface area (Å²) < 4.78 is 22.5. The Morgan fingerprint density at radius 3 is 2.24 bits per heavy atom. The number of carbonyl (C=O) groups excluding carboxylic acids is 1. The third kappa shape index (κ3) is 7.55. The van der Waals surface area contributed by atoms with E-state index >= 15 is 0 Å². The number of rotatable bonds is 5. The van der Waals surface area contributed by atoms with Gasteiger partial charge in [-0.3, -0.25) is 0 Å². The monoisotopic (exact) mass is 356 g/mol. The van der Waals surface area contributed by atoms with E-state index < -0.39 is 9.84 Å². The molecule has 6 heteroatoms. The van der Waals surface area contributed by atoms with E-state index in [-0.39, 0.29) is 18.3 Å². The first-order chi connectivity index (χ1) is 11.9. The third-order valence-electron chi connectivity index (χ3n) is 3.25. The van der Waals surface area contributed by atoms with Gasteiger partial charge in [0, 0.05) is 18.4 Å². The number of carbonyl (C=O) groups is 1. The Balaban J connectivity index is 1.74. The van der Waals surface area contributed by atoms with E-state index in [1.54, 1.807) is 24.3 Å². The Morgan fingerprint density at radius 1 is 0.960 bits per heavy atom. The van der Waals surface area contributed by atoms with Gasteiger partial charge >= 0.3 is 6.03 Å². The van der Waals surface area contributed by atoms with Crippen LogP contribution in [-0.4, -0.2) is 27.2 Å². The zero-order valence-electron chi connectivity index (χ0n) is 14.0. The molecule has 2 amide bonds. The van der Waals surface area contributed by atoms with Crippen LogP contribution in [0, 0.1) is 11.8 Å². The summed E-state index contributed by atoms with van der Waals surface area (Å²) in [5.74, 6) is 5.85. The van der Waals surface area contributed by atoms with Crippen LogP contribution in [0.2, 0.25) is 0 Å². The quantitative estimate of drug-likeness (QED) is 0.806. The molecule has 0 saturated heterocycles. The number of urea groups is 1. The molecule has 0 unspecified atom stereocenters. The van der Waals surface area contributed by atoms with E-state index in [0.717, 1.165) is 16.7 Å². The van der Waals surface area contributed by atoms with Crippen molar-refractivity contribution in [1.29, 1.82) is 0 Å². The van der Waals surface area contributed by atoms with Crippen LogP contribution < -0.4 is 10.6 Å². The summed E-state index contributed by atoms with van der Waals surface area (Å²) in [6, 6.07) is 16.3. The summed E-state index contributed by atoms with van der Waals surface area (Å²) >= 11 is 0. The zero-order valence-corrected chi connectivity index (χ0v) is 14.8. The van der Waals surface area contributed by atoms with Crippen molar-refractivity contribution in [2.24, 2.45) is 0 Å². The Bertz CT molecular complexity index is 864. The molecule has 0 aliphatic rings. The van der Waals surface area contributed by atoms with Crippen molar-refractivity contribution in [1.82, 2.24) is 10.6 Å². The Kier molecular flexibility index (Phi) is 6.61. The molecule has 2 aromatic carbocycles. The fraction of sp³-hybridized carbons (Fsp3) is 0.211. The van der Waals surface area contributed by atoms with E-state index in [0.29, 0.717) is 6.54 Å². The Morgan fingerprint density at radius 2 is 1.60 bits per heavy atom. The van der Waals surface area contributed by atoms with Crippen molar-refractivity contribution in [3.05, 3.63) is 71.3 Å². The average Bonchev–Trinajstić information content (AvgIpc) is 2.58. The molecule has 0 heterocycles. The minimum atomic E-state index is -3.04. The summed E-state index contributed by atoms with van der Waals surface area (Å²) in [7, 11) is -3.04. The van der Waals surface area contributed by atoms with E-state index in [4.69, 9.17) is 0 Å². The minimum Gasteiger partial charge on any atom is -0.334 e. The number of amides is 2. The largest absolute Gasteiger partial charge is 0.334 e. The van der Waals surface area contributed by atoms with Gasteiger partial charge in [0.2, 0.25) is 0 Å². The van der Waals surface area contributed by atoms with Crippen molar-refractivity contribution < 1.29 is 13.2 Å². The topological polar surface area (TPSA) is 75.3 Å². The lowest BCUT2D eigenvalue weighted by molar-refractivity contribution is 0.241. The van der Waals surface area contributed by atoms with E-state index in [1.165, 1.54) is 6.26 Å². The summed E-state index contributed by atoms with van der Waals surface area (Å²) in [5.41, 5.74) is 2.52. The molecule has 5 nitrogen and oxygen atoms in total. The molecule has 0 bridgehead atoms. The molecule has 0 fully saturated rings. The second-order valence-electron chi connectivity index (χ2n) is 5.59. The van der Waals surface area contributed by atoms with Crippen LogP contribution in [0.4, 0.5) is 4.79 Å². The van der Waals surface area contributed by atoms with Crippen LogP contribution in [0.25, 0.3) is 0 Å². The number of benzene rings is 2. The van der Waals surface area contributed by atoms with E-state index in [2.05, 4.69) is 22.5 Å². The maximum Gasteiger partial charge on any atom is 0.315 e. The molecule has 25 heavy (non-hydrogen) atoms. The van der Waals surface area contributed by atoms with Gasteiger partial charge in [-0.05, 0) is 23.3 Å². The smallest absolute Gasteiger partial charge is 0.315 e. The molecular weight excluding hydrogens is 336 g/mol. The first-order valence-electron chi connectivity index (χ1n) is 7.73. The van der Waals surface area contributed by atoms with Gasteiger partial charge in [0.05, 0.1) is 12.3 Å². The fourth-order valence-corrected chi connectivity index (χ4v) is 2.89. The molecule has 0 saturated carbocycles. The number of sulfone groups is 1. The maximum absolute atomic E-state index is 11.7. The van der Waals surface area contributed by atoms with Gasteiger partial charge in [0.1, 0.15) is 0 Å². The molecule has 0 radical (unpaired) electrons. The fourth-order valence-electron chi connectivity index (χ4n) is 2.09. The summed E-state index contributed by atoms with van der Waals surface area (Å²) in [6.07, 6.45) is 1.20. The molecule has 2 rings (SSSR count). The van der Waals surface area contributed by atoms with Crippen molar-refractivity contribution in [3.63, 3.8) is 0 Å². The predicted molar refractivity (Wildman–Crippen MR) is 98.5 cm³/mol. The summed E-state index contributed by atoms with van der Waals surface area (Å²) in [6.45, 7) is 0.616. The lowest BCUT2D eigenvalue weighted by Gasteiger charge is -2.06. The first-order valence-corrected chi connectivity index (χ1v) is 9.79. The van der Waals surface area contributed by atoms with Crippen LogP contribution in [0.1, 0.15) is 16.7 Å². The SMILES string of the molecule is CS(=O)(=O)Cc1ccc(CNC(=O)NCC#Cc2ccccc2)cc1. The van der Waals surface area contributed by atoms with Gasteiger partial charge in [-0.25, -0.2) is 13.2 Å². The van der Waals surface area contributed by atoms with Crippen molar-refractivity contribution >= 4 is 15.9 Å². The van der Waals surface area contributed by atoms with Gasteiger partial charge in [0.15, 0.2) is 9.84 Å². The summed E-state index contributed by atoms with van der Waals surface area (Å²) in [4.78, 5) is 11.7. The van der Waals surface area contributed by atoms with Gasteiger partial charge in [0.25, 0.3) is 0 Å². The molecule has 0 atom stereocenters. The van der Waals surface area contributed by atoms with Gasteiger partial charge in [-0.2, -0.15) is 0 Å². The normalized spacial score (nSPS) is 10.4. The molecular formula is C19H20N2O3S. The van der Waals surface area contributed by atoms with Crippen LogP contribution in [0.3, 0.4) is 0 Å². The highest BCUT2D eigenvalue weighted by molar-refractivity contribution is 7.89. The first kappa shape index (κ1) is 18.6. The molecule has 2 aromatic rings. The van der Waals surface area contributed by atoms with Crippen LogP contribution in [0.15, 0.2) is 54.6 Å². The highest BCUT2D eigenvalue weighted by Gasteiger charge is 2.04. The zero-order chi connectivity index (χ0) is 18.1. The van der Waals surface area contributed by atoms with Crippen LogP contribution >= 0.6 is 0 Å². The van der Waals surface area contributed by atoms with Crippen molar-refractivity contribution in [2.45, 2.75) is 12.3 Å². The van der Waals surface area contributed by atoms with Crippen LogP contribution in [0.5, 0.6) is 0 Å². The minimum absolute atomic E-state index is 0.0152. The molecule has 0 spiro atoms. The Hall–Kier alpha value is -2.78.